The van der Waals surface area contributed by atoms with Crippen LogP contribution in [0.2, 0.25) is 0 Å². The minimum Gasteiger partial charge on any atom is -0.298 e. The molecule has 0 spiro atoms. The van der Waals surface area contributed by atoms with Gasteiger partial charge in [0.25, 0.3) is 5.69 Å². The van der Waals surface area contributed by atoms with Gasteiger partial charge in [-0.25, -0.2) is 0 Å². The van der Waals surface area contributed by atoms with Gasteiger partial charge in [-0.1, -0.05) is 6.07 Å². The van der Waals surface area contributed by atoms with E-state index in [0.29, 0.717) is 11.4 Å². The molecule has 9 heteroatoms. The molecule has 0 N–H and O–H groups in total. The Hall–Kier alpha value is -2.78. The molecule has 0 amide bonds. The second-order valence-electron chi connectivity index (χ2n) is 6.25. The van der Waals surface area contributed by atoms with Gasteiger partial charge in [-0.05, 0) is 48.2 Å². The van der Waals surface area contributed by atoms with E-state index in [4.69, 9.17) is 0 Å². The molecule has 7 nitrogen and oxygen atoms in total. The van der Waals surface area contributed by atoms with E-state index in [0.717, 1.165) is 39.0 Å². The average molecular weight is 395 g/mol. The van der Waals surface area contributed by atoms with E-state index in [1.54, 1.807) is 29.8 Å². The standard InChI is InChI=1S/C18H13N5O2S2/c24-23(25)14-5-6-15(12-7-8-19-10-13(12)14)27-18-21-20-17(16-2-1-9-26-16)22(18)11-3-4-11/h1-2,5-11H,3-4H2. The largest absolute Gasteiger partial charge is 0.298 e. The van der Waals surface area contributed by atoms with Crippen LogP contribution in [0, 0.1) is 10.1 Å². The summed E-state index contributed by atoms with van der Waals surface area (Å²) in [7, 11) is 0. The number of nitro benzene ring substituents is 1. The van der Waals surface area contributed by atoms with Gasteiger partial charge in [0.05, 0.1) is 15.2 Å². The lowest BCUT2D eigenvalue weighted by Crippen LogP contribution is -1.99. The Bertz CT molecular complexity index is 1150. The summed E-state index contributed by atoms with van der Waals surface area (Å²) in [5.41, 5.74) is 0.0605. The predicted molar refractivity (Wildman–Crippen MR) is 104 cm³/mol. The molecular weight excluding hydrogens is 382 g/mol. The van der Waals surface area contributed by atoms with Crippen LogP contribution >= 0.6 is 23.1 Å². The first-order valence-electron chi connectivity index (χ1n) is 8.40. The molecule has 0 unspecified atom stereocenters. The lowest BCUT2D eigenvalue weighted by molar-refractivity contribution is -0.383. The first kappa shape index (κ1) is 16.4. The SMILES string of the molecule is O=[N+]([O-])c1ccc(Sc2nnc(-c3cccs3)n2C2CC2)c2ccncc12. The maximum Gasteiger partial charge on any atom is 0.278 e. The van der Waals surface area contributed by atoms with Crippen molar-refractivity contribution in [3.8, 4) is 10.7 Å². The fraction of sp³-hybridized carbons (Fsp3) is 0.167. The zero-order chi connectivity index (χ0) is 18.4. The number of hydrogen-bond acceptors (Lipinski definition) is 7. The van der Waals surface area contributed by atoms with Crippen molar-refractivity contribution in [2.24, 2.45) is 0 Å². The highest BCUT2D eigenvalue weighted by Gasteiger charge is 2.31. The lowest BCUT2D eigenvalue weighted by atomic mass is 10.1. The monoisotopic (exact) mass is 395 g/mol. The van der Waals surface area contributed by atoms with E-state index in [2.05, 4.69) is 25.8 Å². The molecule has 3 heterocycles. The Morgan fingerprint density at radius 2 is 2.07 bits per heavy atom. The van der Waals surface area contributed by atoms with Crippen LogP contribution in [0.1, 0.15) is 18.9 Å². The number of fused-ring (bicyclic) bond motifs is 1. The van der Waals surface area contributed by atoms with E-state index in [1.807, 2.05) is 17.5 Å². The van der Waals surface area contributed by atoms with Crippen molar-refractivity contribution >= 4 is 39.6 Å². The van der Waals surface area contributed by atoms with Crippen molar-refractivity contribution in [2.75, 3.05) is 0 Å². The predicted octanol–water partition coefficient (Wildman–Crippen LogP) is 4.95. The van der Waals surface area contributed by atoms with Crippen LogP contribution in [0.15, 0.2) is 58.2 Å². The smallest absolute Gasteiger partial charge is 0.278 e. The van der Waals surface area contributed by atoms with E-state index in [1.165, 1.54) is 17.8 Å². The molecule has 1 aliphatic rings. The highest BCUT2D eigenvalue weighted by atomic mass is 32.2. The maximum absolute atomic E-state index is 11.3. The van der Waals surface area contributed by atoms with Crippen LogP contribution in [0.4, 0.5) is 5.69 Å². The van der Waals surface area contributed by atoms with Gasteiger partial charge in [0.1, 0.15) is 0 Å². The molecule has 0 atom stereocenters. The molecule has 1 saturated carbocycles. The molecule has 5 rings (SSSR count). The topological polar surface area (TPSA) is 86.7 Å². The number of benzene rings is 1. The van der Waals surface area contributed by atoms with Gasteiger partial charge in [-0.2, -0.15) is 0 Å². The van der Waals surface area contributed by atoms with Gasteiger partial charge >= 0.3 is 0 Å². The van der Waals surface area contributed by atoms with Gasteiger partial charge in [-0.3, -0.25) is 19.7 Å². The second-order valence-corrected chi connectivity index (χ2v) is 8.20. The maximum atomic E-state index is 11.3. The van der Waals surface area contributed by atoms with Crippen molar-refractivity contribution < 1.29 is 4.92 Å². The molecular formula is C18H13N5O2S2. The Labute approximate surface area is 162 Å². The number of nitro groups is 1. The number of thiophene rings is 1. The van der Waals surface area contributed by atoms with Crippen LogP contribution < -0.4 is 0 Å². The Kier molecular flexibility index (Phi) is 3.91. The van der Waals surface area contributed by atoms with Crippen molar-refractivity contribution in [2.45, 2.75) is 28.9 Å². The second kappa shape index (κ2) is 6.43. The molecule has 4 aromatic rings. The van der Waals surface area contributed by atoms with Crippen LogP contribution in [0.25, 0.3) is 21.5 Å². The number of nitrogens with zero attached hydrogens (tertiary/aromatic N) is 5. The molecule has 1 aliphatic carbocycles. The van der Waals surface area contributed by atoms with Crippen molar-refractivity contribution in [3.05, 3.63) is 58.2 Å². The Morgan fingerprint density at radius 3 is 2.81 bits per heavy atom. The summed E-state index contributed by atoms with van der Waals surface area (Å²) in [5.74, 6) is 0.892. The summed E-state index contributed by atoms with van der Waals surface area (Å²) in [4.78, 5) is 17.0. The van der Waals surface area contributed by atoms with E-state index in [9.17, 15) is 10.1 Å². The molecule has 27 heavy (non-hydrogen) atoms. The van der Waals surface area contributed by atoms with Crippen LogP contribution in [0.5, 0.6) is 0 Å². The molecule has 0 radical (unpaired) electrons. The van der Waals surface area contributed by atoms with Crippen molar-refractivity contribution in [1.29, 1.82) is 0 Å². The number of pyridine rings is 1. The third-order valence-corrected chi connectivity index (χ3v) is 6.37. The van der Waals surface area contributed by atoms with Gasteiger partial charge in [-0.15, -0.1) is 21.5 Å². The fourth-order valence-electron chi connectivity index (χ4n) is 3.08. The lowest BCUT2D eigenvalue weighted by Gasteiger charge is -2.09. The highest BCUT2D eigenvalue weighted by Crippen LogP contribution is 2.44. The van der Waals surface area contributed by atoms with E-state index >= 15 is 0 Å². The first-order chi connectivity index (χ1) is 13.2. The highest BCUT2D eigenvalue weighted by molar-refractivity contribution is 7.99. The molecule has 0 bridgehead atoms. The van der Waals surface area contributed by atoms with Gasteiger partial charge in [0, 0.05) is 34.8 Å². The number of rotatable bonds is 5. The minimum absolute atomic E-state index is 0.0605. The zero-order valence-corrected chi connectivity index (χ0v) is 15.6. The van der Waals surface area contributed by atoms with Crippen LogP contribution in [-0.2, 0) is 0 Å². The summed E-state index contributed by atoms with van der Waals surface area (Å²) in [6, 6.07) is 9.60. The summed E-state index contributed by atoms with van der Waals surface area (Å²) < 4.78 is 2.20. The zero-order valence-electron chi connectivity index (χ0n) is 14.0. The van der Waals surface area contributed by atoms with Crippen LogP contribution in [-0.4, -0.2) is 24.7 Å². The van der Waals surface area contributed by atoms with Gasteiger partial charge < -0.3 is 0 Å². The molecule has 134 valence electrons. The number of aromatic nitrogens is 4. The average Bonchev–Trinajstić information content (AvgIpc) is 3.20. The molecule has 1 aromatic carbocycles. The Balaban J connectivity index is 1.61. The van der Waals surface area contributed by atoms with Crippen LogP contribution in [0.3, 0.4) is 0 Å². The summed E-state index contributed by atoms with van der Waals surface area (Å²) >= 11 is 3.14. The van der Waals surface area contributed by atoms with Gasteiger partial charge in [0.2, 0.25) is 0 Å². The molecule has 3 aromatic heterocycles. The van der Waals surface area contributed by atoms with Crippen molar-refractivity contribution in [1.82, 2.24) is 19.7 Å². The first-order valence-corrected chi connectivity index (χ1v) is 10.1. The number of hydrogen-bond donors (Lipinski definition) is 0. The fourth-order valence-corrected chi connectivity index (χ4v) is 4.82. The molecule has 0 saturated heterocycles. The molecule has 0 aliphatic heterocycles. The summed E-state index contributed by atoms with van der Waals surface area (Å²) in [6.45, 7) is 0. The third kappa shape index (κ3) is 2.88. The van der Waals surface area contributed by atoms with E-state index in [-0.39, 0.29) is 10.6 Å². The Morgan fingerprint density at radius 1 is 1.19 bits per heavy atom. The minimum atomic E-state index is -0.375. The van der Waals surface area contributed by atoms with E-state index < -0.39 is 0 Å². The van der Waals surface area contributed by atoms with Gasteiger partial charge in [0.15, 0.2) is 11.0 Å². The normalized spacial score (nSPS) is 13.9. The third-order valence-electron chi connectivity index (χ3n) is 4.47. The molecule has 1 fully saturated rings. The summed E-state index contributed by atoms with van der Waals surface area (Å²) in [6.07, 6.45) is 5.43. The number of non-ortho nitro benzene ring substituents is 1. The quantitative estimate of drug-likeness (QED) is 0.351. The van der Waals surface area contributed by atoms with Crippen molar-refractivity contribution in [3.63, 3.8) is 0 Å². The summed E-state index contributed by atoms with van der Waals surface area (Å²) in [5, 5.41) is 24.3.